The van der Waals surface area contributed by atoms with E-state index in [2.05, 4.69) is 10.1 Å². The molecule has 7 heteroatoms. The molecule has 0 aliphatic rings. The molecule has 0 bridgehead atoms. The van der Waals surface area contributed by atoms with Gasteiger partial charge in [-0.3, -0.25) is 4.79 Å². The van der Waals surface area contributed by atoms with Crippen molar-refractivity contribution in [2.45, 2.75) is 25.4 Å². The lowest BCUT2D eigenvalue weighted by Gasteiger charge is -2.18. The van der Waals surface area contributed by atoms with Crippen molar-refractivity contribution in [3.63, 3.8) is 0 Å². The van der Waals surface area contributed by atoms with E-state index in [-0.39, 0.29) is 18.4 Å². The van der Waals surface area contributed by atoms with E-state index in [0.717, 1.165) is 11.6 Å². The van der Waals surface area contributed by atoms with Crippen LogP contribution < -0.4 is 10.1 Å². The first kappa shape index (κ1) is 19.8. The number of benzene rings is 2. The number of ether oxygens (including phenoxy) is 2. The zero-order chi connectivity index (χ0) is 19.1. The Balaban J connectivity index is 2.09. The van der Waals surface area contributed by atoms with Crippen LogP contribution in [0.15, 0.2) is 36.4 Å². The average molecular weight is 367 g/mol. The maximum Gasteiger partial charge on any atom is 0.307 e. The largest absolute Gasteiger partial charge is 0.497 e. The van der Waals surface area contributed by atoms with Gasteiger partial charge in [-0.2, -0.15) is 0 Å². The highest BCUT2D eigenvalue weighted by Crippen LogP contribution is 2.17. The molecule has 0 aromatic heterocycles. The highest BCUT2D eigenvalue weighted by molar-refractivity contribution is 5.70. The van der Waals surface area contributed by atoms with Crippen LogP contribution in [0.4, 0.5) is 13.2 Å². The molecule has 0 saturated carbocycles. The smallest absolute Gasteiger partial charge is 0.307 e. The lowest BCUT2D eigenvalue weighted by Crippen LogP contribution is -2.33. The zero-order valence-corrected chi connectivity index (χ0v) is 14.5. The van der Waals surface area contributed by atoms with Gasteiger partial charge in [0.15, 0.2) is 11.6 Å². The summed E-state index contributed by atoms with van der Waals surface area (Å²) in [5, 5.41) is 3.12. The Hall–Kier alpha value is -2.54. The van der Waals surface area contributed by atoms with Crippen LogP contribution in [0.1, 0.15) is 17.5 Å². The Labute approximate surface area is 149 Å². The van der Waals surface area contributed by atoms with Gasteiger partial charge in [0.1, 0.15) is 11.6 Å². The molecule has 26 heavy (non-hydrogen) atoms. The number of esters is 1. The maximum absolute atomic E-state index is 13.9. The maximum atomic E-state index is 13.9. The average Bonchev–Trinajstić information content (AvgIpc) is 2.64. The summed E-state index contributed by atoms with van der Waals surface area (Å²) in [6, 6.07) is 8.08. The summed E-state index contributed by atoms with van der Waals surface area (Å²) < 4.78 is 50.1. The molecule has 0 aliphatic carbocycles. The summed E-state index contributed by atoms with van der Waals surface area (Å²) >= 11 is 0. The van der Waals surface area contributed by atoms with Crippen molar-refractivity contribution in [2.75, 3.05) is 14.2 Å². The topological polar surface area (TPSA) is 47.6 Å². The minimum Gasteiger partial charge on any atom is -0.497 e. The van der Waals surface area contributed by atoms with Gasteiger partial charge in [-0.25, -0.2) is 13.2 Å². The molecule has 0 fully saturated rings. The van der Waals surface area contributed by atoms with E-state index in [1.165, 1.54) is 7.11 Å². The highest BCUT2D eigenvalue weighted by Gasteiger charge is 2.18. The molecule has 0 saturated heterocycles. The molecule has 0 radical (unpaired) electrons. The van der Waals surface area contributed by atoms with Crippen LogP contribution in [0.25, 0.3) is 0 Å². The summed E-state index contributed by atoms with van der Waals surface area (Å²) in [6.45, 7) is 0.400. The lowest BCUT2D eigenvalue weighted by atomic mass is 10.0. The summed E-state index contributed by atoms with van der Waals surface area (Å²) in [5.74, 6) is -3.01. The Kier molecular flexibility index (Phi) is 7.03. The van der Waals surface area contributed by atoms with E-state index in [4.69, 9.17) is 4.74 Å². The number of carbonyl (C=O) groups excluding carboxylic acids is 1. The lowest BCUT2D eigenvalue weighted by molar-refractivity contribution is -0.141. The van der Waals surface area contributed by atoms with Crippen molar-refractivity contribution in [3.8, 4) is 5.75 Å². The fraction of sp³-hybridized carbons (Fsp3) is 0.316. The molecule has 2 rings (SSSR count). The van der Waals surface area contributed by atoms with E-state index in [9.17, 15) is 18.0 Å². The second-order valence-corrected chi connectivity index (χ2v) is 5.77. The van der Waals surface area contributed by atoms with Gasteiger partial charge >= 0.3 is 5.97 Å². The molecule has 2 aromatic rings. The second kappa shape index (κ2) is 9.24. The Morgan fingerprint density at radius 2 is 1.69 bits per heavy atom. The van der Waals surface area contributed by atoms with Crippen LogP contribution in [0.2, 0.25) is 0 Å². The normalized spacial score (nSPS) is 11.9. The molecule has 4 nitrogen and oxygen atoms in total. The van der Waals surface area contributed by atoms with Gasteiger partial charge in [-0.1, -0.05) is 12.1 Å². The molecule has 0 spiro atoms. The van der Waals surface area contributed by atoms with Crippen molar-refractivity contribution < 1.29 is 27.4 Å². The third kappa shape index (κ3) is 5.49. The molecule has 0 unspecified atom stereocenters. The van der Waals surface area contributed by atoms with Gasteiger partial charge in [0.25, 0.3) is 0 Å². The van der Waals surface area contributed by atoms with Gasteiger partial charge in [0, 0.05) is 18.7 Å². The van der Waals surface area contributed by atoms with Crippen LogP contribution in [0.3, 0.4) is 0 Å². The van der Waals surface area contributed by atoms with E-state index < -0.39 is 29.5 Å². The van der Waals surface area contributed by atoms with E-state index >= 15 is 0 Å². The number of nitrogens with one attached hydrogen (secondary N) is 1. The Morgan fingerprint density at radius 3 is 2.31 bits per heavy atom. The molecule has 2 aromatic carbocycles. The number of methoxy groups -OCH3 is 2. The predicted molar refractivity (Wildman–Crippen MR) is 90.3 cm³/mol. The van der Waals surface area contributed by atoms with Gasteiger partial charge in [0.05, 0.1) is 20.6 Å². The number of hydrogen-bond donors (Lipinski definition) is 1. The molecular weight excluding hydrogens is 347 g/mol. The van der Waals surface area contributed by atoms with Crippen molar-refractivity contribution >= 4 is 5.97 Å². The molecular formula is C19H20F3NO3. The van der Waals surface area contributed by atoms with Gasteiger partial charge < -0.3 is 14.8 Å². The summed E-state index contributed by atoms with van der Waals surface area (Å²) in [7, 11) is 2.82. The van der Waals surface area contributed by atoms with E-state index in [1.54, 1.807) is 19.2 Å². The molecule has 0 heterocycles. The van der Waals surface area contributed by atoms with Gasteiger partial charge in [0.2, 0.25) is 0 Å². The fourth-order valence-electron chi connectivity index (χ4n) is 2.49. The highest BCUT2D eigenvalue weighted by atomic mass is 19.2. The van der Waals surface area contributed by atoms with Gasteiger partial charge in [-0.05, 0) is 35.7 Å². The standard InChI is InChI=1S/C19H20F3NO3/c1-25-15-5-3-12(4-6-15)11-23-14(9-19(24)26-2)7-13-8-17(21)18(22)10-16(13)20/h3-6,8,10,14,23H,7,9,11H2,1-2H3/t14-/m1/s1. The van der Waals surface area contributed by atoms with Crippen molar-refractivity contribution in [1.29, 1.82) is 0 Å². The molecule has 0 amide bonds. The monoisotopic (exact) mass is 367 g/mol. The third-order valence-electron chi connectivity index (χ3n) is 3.95. The van der Waals surface area contributed by atoms with Gasteiger partial charge in [-0.15, -0.1) is 0 Å². The first-order chi connectivity index (χ1) is 12.4. The van der Waals surface area contributed by atoms with E-state index in [0.29, 0.717) is 18.4 Å². The van der Waals surface area contributed by atoms with Crippen molar-refractivity contribution in [2.24, 2.45) is 0 Å². The summed E-state index contributed by atoms with van der Waals surface area (Å²) in [6.07, 6.45) is -0.0284. The minimum absolute atomic E-state index is 0.00822. The summed E-state index contributed by atoms with van der Waals surface area (Å²) in [4.78, 5) is 11.6. The zero-order valence-electron chi connectivity index (χ0n) is 14.5. The van der Waals surface area contributed by atoms with Crippen molar-refractivity contribution in [3.05, 3.63) is 65.0 Å². The molecule has 140 valence electrons. The Bertz CT molecular complexity index is 750. The number of carbonyl (C=O) groups is 1. The van der Waals surface area contributed by atoms with Crippen LogP contribution in [0.5, 0.6) is 5.75 Å². The van der Waals surface area contributed by atoms with Crippen LogP contribution >= 0.6 is 0 Å². The van der Waals surface area contributed by atoms with E-state index in [1.807, 2.05) is 12.1 Å². The molecule has 0 aliphatic heterocycles. The molecule has 1 N–H and O–H groups in total. The fourth-order valence-corrected chi connectivity index (χ4v) is 2.49. The van der Waals surface area contributed by atoms with Crippen LogP contribution in [-0.4, -0.2) is 26.2 Å². The number of rotatable bonds is 8. The predicted octanol–water partition coefficient (Wildman–Crippen LogP) is 3.38. The van der Waals surface area contributed by atoms with Crippen LogP contribution in [0, 0.1) is 17.5 Å². The Morgan fingerprint density at radius 1 is 1.04 bits per heavy atom. The van der Waals surface area contributed by atoms with Crippen molar-refractivity contribution in [1.82, 2.24) is 5.32 Å². The molecule has 1 atom stereocenters. The SMILES string of the molecule is COC(=O)C[C@@H](Cc1cc(F)c(F)cc1F)NCc1ccc(OC)cc1. The first-order valence-corrected chi connectivity index (χ1v) is 7.99. The summed E-state index contributed by atoms with van der Waals surface area (Å²) in [5.41, 5.74) is 0.909. The number of halogens is 3. The van der Waals surface area contributed by atoms with Crippen LogP contribution in [-0.2, 0) is 22.5 Å². The number of hydrogen-bond acceptors (Lipinski definition) is 4. The first-order valence-electron chi connectivity index (χ1n) is 7.99. The minimum atomic E-state index is -1.25. The second-order valence-electron chi connectivity index (χ2n) is 5.77. The third-order valence-corrected chi connectivity index (χ3v) is 3.95. The quantitative estimate of drug-likeness (QED) is 0.574.